The second-order valence-electron chi connectivity index (χ2n) is 5.67. The first kappa shape index (κ1) is 22.3. The maximum absolute atomic E-state index is 10.8. The second-order valence-corrected chi connectivity index (χ2v) is 5.67. The number of aliphatic hydroxyl groups is 2. The van der Waals surface area contributed by atoms with Gasteiger partial charge in [-0.1, -0.05) is 67.7 Å². The van der Waals surface area contributed by atoms with E-state index in [0.717, 1.165) is 25.7 Å². The minimum Gasteiger partial charge on any atom is -0.390 e. The molecule has 0 saturated heterocycles. The number of aliphatic hydroxyl groups excluding tert-OH is 2. The summed E-state index contributed by atoms with van der Waals surface area (Å²) in [6.07, 6.45) is 23.0. The molecule has 0 rings (SSSR count). The highest BCUT2D eigenvalue weighted by Gasteiger charge is 2.08. The summed E-state index contributed by atoms with van der Waals surface area (Å²) in [5.41, 5.74) is 0. The number of carbonyl (C=O) groups excluding carboxylic acids is 1. The van der Waals surface area contributed by atoms with Crippen LogP contribution in [0.25, 0.3) is 0 Å². The van der Waals surface area contributed by atoms with E-state index in [9.17, 15) is 15.0 Å². The summed E-state index contributed by atoms with van der Waals surface area (Å²) in [4.78, 5) is 10.8. The van der Waals surface area contributed by atoms with Crippen LogP contribution in [0.1, 0.15) is 52.4 Å². The Morgan fingerprint density at radius 3 is 2.21 bits per heavy atom. The summed E-state index contributed by atoms with van der Waals surface area (Å²) in [6.45, 7) is 3.46. The number of unbranched alkanes of at least 4 members (excludes halogenated alkanes) is 1. The molecule has 0 aromatic heterocycles. The van der Waals surface area contributed by atoms with Crippen molar-refractivity contribution in [2.45, 2.75) is 64.6 Å². The fraction of sp³-hybridized carbons (Fsp3) is 0.476. The molecule has 0 fully saturated rings. The van der Waals surface area contributed by atoms with E-state index in [4.69, 9.17) is 0 Å². The van der Waals surface area contributed by atoms with Gasteiger partial charge in [0.1, 0.15) is 5.78 Å². The van der Waals surface area contributed by atoms with Crippen LogP contribution in [-0.2, 0) is 4.79 Å². The molecule has 0 aliphatic heterocycles. The first-order valence-corrected chi connectivity index (χ1v) is 8.73. The molecule has 0 heterocycles. The van der Waals surface area contributed by atoms with Gasteiger partial charge < -0.3 is 15.0 Å². The zero-order valence-electron chi connectivity index (χ0n) is 15.0. The van der Waals surface area contributed by atoms with Gasteiger partial charge >= 0.3 is 0 Å². The molecule has 0 amide bonds. The van der Waals surface area contributed by atoms with E-state index < -0.39 is 12.2 Å². The van der Waals surface area contributed by atoms with Gasteiger partial charge in [0.25, 0.3) is 0 Å². The number of carbonyl (C=O) groups is 1. The molecule has 3 heteroatoms. The van der Waals surface area contributed by atoms with Crippen molar-refractivity contribution in [3.05, 3.63) is 60.8 Å². The number of rotatable bonds is 13. The minimum absolute atomic E-state index is 0.259. The van der Waals surface area contributed by atoms with Gasteiger partial charge in [0.05, 0.1) is 12.2 Å². The van der Waals surface area contributed by atoms with Crippen LogP contribution in [0.15, 0.2) is 60.8 Å². The zero-order chi connectivity index (χ0) is 18.0. The van der Waals surface area contributed by atoms with Crippen LogP contribution in [0.3, 0.4) is 0 Å². The van der Waals surface area contributed by atoms with Crippen molar-refractivity contribution in [2.24, 2.45) is 0 Å². The lowest BCUT2D eigenvalue weighted by Gasteiger charge is -2.10. The Kier molecular flexibility index (Phi) is 15.0. The normalized spacial score (nSPS) is 15.5. The third-order valence-corrected chi connectivity index (χ3v) is 3.37. The lowest BCUT2D eigenvalue weighted by molar-refractivity contribution is -0.117. The van der Waals surface area contributed by atoms with E-state index >= 15 is 0 Å². The van der Waals surface area contributed by atoms with Crippen LogP contribution in [0, 0.1) is 0 Å². The predicted octanol–water partition coefficient (Wildman–Crippen LogP) is 4.44. The lowest BCUT2D eigenvalue weighted by atomic mass is 10.1. The van der Waals surface area contributed by atoms with Gasteiger partial charge in [-0.25, -0.2) is 0 Å². The lowest BCUT2D eigenvalue weighted by Crippen LogP contribution is -2.22. The Labute approximate surface area is 146 Å². The summed E-state index contributed by atoms with van der Waals surface area (Å²) in [7, 11) is 0. The molecule has 0 radical (unpaired) electrons. The summed E-state index contributed by atoms with van der Waals surface area (Å²) in [5, 5.41) is 18.9. The third kappa shape index (κ3) is 15.2. The van der Waals surface area contributed by atoms with E-state index in [-0.39, 0.29) is 5.78 Å². The Hall–Kier alpha value is -1.71. The van der Waals surface area contributed by atoms with Crippen LogP contribution >= 0.6 is 0 Å². The molecule has 0 aliphatic carbocycles. The molecule has 0 aliphatic rings. The highest BCUT2D eigenvalue weighted by atomic mass is 16.3. The van der Waals surface area contributed by atoms with Crippen LogP contribution in [0.5, 0.6) is 0 Å². The Balaban J connectivity index is 3.70. The van der Waals surface area contributed by atoms with Crippen LogP contribution in [0.2, 0.25) is 0 Å². The predicted molar refractivity (Wildman–Crippen MR) is 102 cm³/mol. The fourth-order valence-electron chi connectivity index (χ4n) is 1.87. The van der Waals surface area contributed by atoms with Crippen molar-refractivity contribution in [1.82, 2.24) is 0 Å². The van der Waals surface area contributed by atoms with Gasteiger partial charge in [-0.3, -0.25) is 0 Å². The second kappa shape index (κ2) is 16.2. The zero-order valence-corrected chi connectivity index (χ0v) is 15.0. The van der Waals surface area contributed by atoms with E-state index in [0.29, 0.717) is 12.8 Å². The monoisotopic (exact) mass is 332 g/mol. The van der Waals surface area contributed by atoms with Gasteiger partial charge in [0, 0.05) is 6.42 Å². The van der Waals surface area contributed by atoms with E-state index in [2.05, 4.69) is 30.4 Å². The van der Waals surface area contributed by atoms with Crippen molar-refractivity contribution in [1.29, 1.82) is 0 Å². The van der Waals surface area contributed by atoms with Crippen molar-refractivity contribution in [3.63, 3.8) is 0 Å². The topological polar surface area (TPSA) is 57.5 Å². The van der Waals surface area contributed by atoms with Crippen LogP contribution < -0.4 is 0 Å². The average molecular weight is 332 g/mol. The maximum atomic E-state index is 10.8. The maximum Gasteiger partial charge on any atom is 0.129 e. The molecular weight excluding hydrogens is 300 g/mol. The highest BCUT2D eigenvalue weighted by Crippen LogP contribution is 2.00. The Morgan fingerprint density at radius 2 is 1.54 bits per heavy atom. The molecule has 0 aromatic rings. The van der Waals surface area contributed by atoms with Gasteiger partial charge in [0.2, 0.25) is 0 Å². The molecule has 0 spiro atoms. The first-order valence-electron chi connectivity index (χ1n) is 8.73. The largest absolute Gasteiger partial charge is 0.390 e. The van der Waals surface area contributed by atoms with Crippen molar-refractivity contribution >= 4 is 5.78 Å². The number of allylic oxidation sites excluding steroid dienone is 9. The molecular formula is C21H32O3. The van der Waals surface area contributed by atoms with Crippen molar-refractivity contribution in [2.75, 3.05) is 0 Å². The summed E-state index contributed by atoms with van der Waals surface area (Å²) >= 11 is 0. The molecule has 2 atom stereocenters. The smallest absolute Gasteiger partial charge is 0.129 e. The summed E-state index contributed by atoms with van der Waals surface area (Å²) < 4.78 is 0. The van der Waals surface area contributed by atoms with Crippen LogP contribution in [0.4, 0.5) is 0 Å². The summed E-state index contributed by atoms with van der Waals surface area (Å²) in [5.74, 6) is 0.259. The quantitative estimate of drug-likeness (QED) is 0.298. The van der Waals surface area contributed by atoms with Gasteiger partial charge in [-0.15, -0.1) is 0 Å². The molecule has 2 N–H and O–H groups in total. The van der Waals surface area contributed by atoms with Crippen molar-refractivity contribution in [3.8, 4) is 0 Å². The Bertz CT molecular complexity index is 456. The van der Waals surface area contributed by atoms with Gasteiger partial charge in [0.15, 0.2) is 0 Å². The van der Waals surface area contributed by atoms with Gasteiger partial charge in [-0.2, -0.15) is 0 Å². The van der Waals surface area contributed by atoms with Crippen molar-refractivity contribution < 1.29 is 15.0 Å². The molecule has 134 valence electrons. The number of hydrogen-bond donors (Lipinski definition) is 2. The fourth-order valence-corrected chi connectivity index (χ4v) is 1.87. The van der Waals surface area contributed by atoms with Gasteiger partial charge in [-0.05, 0) is 39.0 Å². The highest BCUT2D eigenvalue weighted by molar-refractivity contribution is 5.75. The third-order valence-electron chi connectivity index (χ3n) is 3.37. The number of hydrogen-bond acceptors (Lipinski definition) is 3. The molecule has 2 unspecified atom stereocenters. The van der Waals surface area contributed by atoms with E-state index in [1.807, 2.05) is 25.2 Å². The van der Waals surface area contributed by atoms with E-state index in [1.165, 1.54) is 0 Å². The minimum atomic E-state index is -0.804. The van der Waals surface area contributed by atoms with E-state index in [1.54, 1.807) is 19.1 Å². The molecule has 24 heavy (non-hydrogen) atoms. The first-order chi connectivity index (χ1) is 11.6. The molecule has 0 saturated carbocycles. The molecule has 0 aromatic carbocycles. The number of Topliss-reactive ketones (excluding diaryl/α,β-unsaturated/α-hetero) is 1. The molecule has 0 bridgehead atoms. The Morgan fingerprint density at radius 1 is 0.917 bits per heavy atom. The number of ketones is 1. The average Bonchev–Trinajstić information content (AvgIpc) is 2.57. The standard InChI is InChI=1S/C21H32O3/c1-3-20(23)21(24)18-16-14-12-10-8-6-4-5-7-9-11-13-15-17-19(2)22/h4-5,8-12,14,16,18,20-21,23-24H,3,6-7,13,15,17H2,1-2H3/b5-4-,10-8-,11-9-,14-12+,18-16+. The molecule has 3 nitrogen and oxygen atoms in total. The summed E-state index contributed by atoms with van der Waals surface area (Å²) in [6, 6.07) is 0. The SMILES string of the molecule is CCC(O)C(O)/C=C/C=C/C=C\C/C=C\C/C=C\CCCC(C)=O. The van der Waals surface area contributed by atoms with Crippen LogP contribution in [-0.4, -0.2) is 28.2 Å².